The van der Waals surface area contributed by atoms with Gasteiger partial charge < -0.3 is 15.6 Å². The minimum Gasteiger partial charge on any atom is -0.366 e. The molecule has 2 amide bonds. The predicted octanol–water partition coefficient (Wildman–Crippen LogP) is 2.93. The van der Waals surface area contributed by atoms with Gasteiger partial charge in [0, 0.05) is 46.0 Å². The Morgan fingerprint density at radius 1 is 1.04 bits per heavy atom. The summed E-state index contributed by atoms with van der Waals surface area (Å²) in [5.74, 6) is -0.701. The summed E-state index contributed by atoms with van der Waals surface area (Å²) in [4.78, 5) is 28.3. The molecule has 2 aromatic heterocycles. The van der Waals surface area contributed by atoms with E-state index < -0.39 is 5.91 Å². The lowest BCUT2D eigenvalue weighted by atomic mass is 10.1. The number of fused-ring (bicyclic) bond motifs is 2. The number of primary amides is 1. The molecule has 3 N–H and O–H groups in total. The molecule has 0 fully saturated rings. The molecule has 0 spiro atoms. The molecule has 0 aliphatic carbocycles. The van der Waals surface area contributed by atoms with Crippen LogP contribution in [-0.4, -0.2) is 21.4 Å². The van der Waals surface area contributed by atoms with E-state index in [1.54, 1.807) is 23.2 Å². The molecular weight excluding hydrogens is 328 g/mol. The van der Waals surface area contributed by atoms with Gasteiger partial charge in [0.05, 0.1) is 5.56 Å². The highest BCUT2D eigenvalue weighted by atomic mass is 16.2. The summed E-state index contributed by atoms with van der Waals surface area (Å²) in [5.41, 5.74) is 7.37. The largest absolute Gasteiger partial charge is 0.366 e. The molecule has 0 saturated heterocycles. The number of nitrogens with one attached hydrogen (secondary N) is 1. The normalized spacial score (nSPS) is 10.9. The Hall–Kier alpha value is -3.67. The van der Waals surface area contributed by atoms with E-state index in [1.165, 1.54) is 0 Å². The number of nitrogens with two attached hydrogens (primary N) is 1. The average Bonchev–Trinajstić information content (AvgIpc) is 3.01. The van der Waals surface area contributed by atoms with Gasteiger partial charge in [-0.15, -0.1) is 0 Å². The number of hydrogen-bond donors (Lipinski definition) is 2. The maximum absolute atomic E-state index is 12.6. The van der Waals surface area contributed by atoms with E-state index in [2.05, 4.69) is 10.3 Å². The van der Waals surface area contributed by atoms with Crippen molar-refractivity contribution in [3.05, 3.63) is 72.7 Å². The van der Waals surface area contributed by atoms with Crippen LogP contribution in [-0.2, 0) is 11.3 Å². The molecule has 0 radical (unpaired) electrons. The van der Waals surface area contributed by atoms with Gasteiger partial charge in [-0.05, 0) is 18.2 Å². The van der Waals surface area contributed by atoms with Crippen molar-refractivity contribution in [1.82, 2.24) is 9.55 Å². The number of amides is 2. The molecule has 6 nitrogen and oxygen atoms in total. The second-order valence-electron chi connectivity index (χ2n) is 6.00. The van der Waals surface area contributed by atoms with Crippen LogP contribution < -0.4 is 11.1 Å². The van der Waals surface area contributed by atoms with Gasteiger partial charge in [0.25, 0.3) is 5.91 Å². The average molecular weight is 344 g/mol. The number of rotatable bonds is 4. The minimum absolute atomic E-state index is 0.0786. The van der Waals surface area contributed by atoms with E-state index >= 15 is 0 Å². The fourth-order valence-corrected chi connectivity index (χ4v) is 3.15. The SMILES string of the molecule is NC(=O)c1cn(CC(=O)Nc2cccc3cnccc23)c2ccccc12. The molecule has 2 heterocycles. The fourth-order valence-electron chi connectivity index (χ4n) is 3.15. The highest BCUT2D eigenvalue weighted by Crippen LogP contribution is 2.23. The van der Waals surface area contributed by atoms with Crippen molar-refractivity contribution < 1.29 is 9.59 Å². The molecule has 4 rings (SSSR count). The molecule has 0 aliphatic heterocycles. The zero-order chi connectivity index (χ0) is 18.1. The Balaban J connectivity index is 1.65. The first-order valence-electron chi connectivity index (χ1n) is 8.14. The minimum atomic E-state index is -0.512. The summed E-state index contributed by atoms with van der Waals surface area (Å²) in [6.45, 7) is 0.0786. The van der Waals surface area contributed by atoms with Crippen LogP contribution in [0.1, 0.15) is 10.4 Å². The summed E-state index contributed by atoms with van der Waals surface area (Å²) < 4.78 is 1.73. The van der Waals surface area contributed by atoms with Crippen molar-refractivity contribution in [2.75, 3.05) is 5.32 Å². The molecule has 4 aromatic rings. The van der Waals surface area contributed by atoms with Crippen LogP contribution in [0.15, 0.2) is 67.1 Å². The number of benzene rings is 2. The van der Waals surface area contributed by atoms with E-state index in [0.717, 1.165) is 27.4 Å². The molecule has 128 valence electrons. The van der Waals surface area contributed by atoms with Gasteiger partial charge in [-0.2, -0.15) is 0 Å². The number of carbonyl (C=O) groups is 2. The van der Waals surface area contributed by atoms with Crippen LogP contribution in [0.3, 0.4) is 0 Å². The van der Waals surface area contributed by atoms with Crippen LogP contribution in [0.4, 0.5) is 5.69 Å². The zero-order valence-electron chi connectivity index (χ0n) is 13.8. The molecule has 2 aromatic carbocycles. The van der Waals surface area contributed by atoms with Gasteiger partial charge in [-0.25, -0.2) is 0 Å². The Bertz CT molecular complexity index is 1140. The second-order valence-corrected chi connectivity index (χ2v) is 6.00. The lowest BCUT2D eigenvalue weighted by Gasteiger charge is -2.10. The summed E-state index contributed by atoms with van der Waals surface area (Å²) >= 11 is 0. The first kappa shape index (κ1) is 15.8. The smallest absolute Gasteiger partial charge is 0.250 e. The number of nitrogens with zero attached hydrogens (tertiary/aromatic N) is 2. The number of carbonyl (C=O) groups excluding carboxylic acids is 2. The zero-order valence-corrected chi connectivity index (χ0v) is 13.8. The third kappa shape index (κ3) is 2.77. The van der Waals surface area contributed by atoms with Crippen molar-refractivity contribution in [2.45, 2.75) is 6.54 Å². The maximum Gasteiger partial charge on any atom is 0.250 e. The van der Waals surface area contributed by atoms with E-state index in [-0.39, 0.29) is 12.5 Å². The first-order chi connectivity index (χ1) is 12.6. The van der Waals surface area contributed by atoms with Crippen LogP contribution in [0.5, 0.6) is 0 Å². The van der Waals surface area contributed by atoms with E-state index in [9.17, 15) is 9.59 Å². The van der Waals surface area contributed by atoms with Gasteiger partial charge in [0.1, 0.15) is 6.54 Å². The van der Waals surface area contributed by atoms with Crippen LogP contribution in [0.2, 0.25) is 0 Å². The molecule has 26 heavy (non-hydrogen) atoms. The number of aromatic nitrogens is 2. The Labute approximate surface area is 149 Å². The van der Waals surface area contributed by atoms with Gasteiger partial charge in [-0.1, -0.05) is 30.3 Å². The topological polar surface area (TPSA) is 90.0 Å². The highest BCUT2D eigenvalue weighted by Gasteiger charge is 2.14. The Kier molecular flexibility index (Phi) is 3.85. The molecule has 0 atom stereocenters. The molecule has 6 heteroatoms. The summed E-state index contributed by atoms with van der Waals surface area (Å²) in [7, 11) is 0. The van der Waals surface area contributed by atoms with Crippen LogP contribution in [0, 0.1) is 0 Å². The quantitative estimate of drug-likeness (QED) is 0.596. The highest BCUT2D eigenvalue weighted by molar-refractivity contribution is 6.07. The first-order valence-corrected chi connectivity index (χ1v) is 8.14. The van der Waals surface area contributed by atoms with Crippen molar-refractivity contribution in [3.8, 4) is 0 Å². The fraction of sp³-hybridized carbons (Fsp3) is 0.0500. The maximum atomic E-state index is 12.6. The van der Waals surface area contributed by atoms with E-state index in [0.29, 0.717) is 5.56 Å². The molecule has 0 saturated carbocycles. The van der Waals surface area contributed by atoms with E-state index in [1.807, 2.05) is 48.5 Å². The number of hydrogen-bond acceptors (Lipinski definition) is 3. The van der Waals surface area contributed by atoms with Gasteiger partial charge in [0.2, 0.25) is 5.91 Å². The number of pyridine rings is 1. The third-order valence-corrected chi connectivity index (χ3v) is 4.32. The van der Waals surface area contributed by atoms with Gasteiger partial charge in [0.15, 0.2) is 0 Å². The number of anilines is 1. The third-order valence-electron chi connectivity index (χ3n) is 4.32. The van der Waals surface area contributed by atoms with Gasteiger partial charge >= 0.3 is 0 Å². The van der Waals surface area contributed by atoms with Gasteiger partial charge in [-0.3, -0.25) is 14.6 Å². The summed E-state index contributed by atoms with van der Waals surface area (Å²) in [5, 5.41) is 5.55. The molecule has 0 unspecified atom stereocenters. The standard InChI is InChI=1S/C20H16N4O2/c21-20(26)16-11-24(18-7-2-1-5-15(16)18)12-19(25)23-17-6-3-4-13-10-22-9-8-14(13)17/h1-11H,12H2,(H2,21,26)(H,23,25). The second kappa shape index (κ2) is 6.33. The van der Waals surface area contributed by atoms with E-state index in [4.69, 9.17) is 5.73 Å². The lowest BCUT2D eigenvalue weighted by molar-refractivity contribution is -0.116. The molecular formula is C20H16N4O2. The molecule has 0 bridgehead atoms. The monoisotopic (exact) mass is 344 g/mol. The Morgan fingerprint density at radius 3 is 2.73 bits per heavy atom. The van der Waals surface area contributed by atoms with Crippen LogP contribution >= 0.6 is 0 Å². The van der Waals surface area contributed by atoms with Crippen molar-refractivity contribution in [3.63, 3.8) is 0 Å². The summed E-state index contributed by atoms with van der Waals surface area (Å²) in [6.07, 6.45) is 5.07. The molecule has 0 aliphatic rings. The predicted molar refractivity (Wildman–Crippen MR) is 101 cm³/mol. The van der Waals surface area contributed by atoms with Crippen molar-refractivity contribution >= 4 is 39.2 Å². The van der Waals surface area contributed by atoms with Crippen LogP contribution in [0.25, 0.3) is 21.7 Å². The van der Waals surface area contributed by atoms with Crippen molar-refractivity contribution in [2.24, 2.45) is 5.73 Å². The van der Waals surface area contributed by atoms with Crippen molar-refractivity contribution in [1.29, 1.82) is 0 Å². The lowest BCUT2D eigenvalue weighted by Crippen LogP contribution is -2.18. The number of para-hydroxylation sites is 1. The summed E-state index contributed by atoms with van der Waals surface area (Å²) in [6, 6.07) is 14.9. The Morgan fingerprint density at radius 2 is 1.88 bits per heavy atom.